The lowest BCUT2D eigenvalue weighted by atomic mass is 10.1. The Morgan fingerprint density at radius 2 is 2.35 bits per heavy atom. The van der Waals surface area contributed by atoms with E-state index in [0.717, 1.165) is 18.0 Å². The number of furan rings is 1. The molecule has 2 aromatic heterocycles. The molecule has 3 rings (SSSR count). The molecule has 1 aliphatic heterocycles. The molecule has 0 spiro atoms. The number of hydrogen-bond acceptors (Lipinski definition) is 4. The Kier molecular flexibility index (Phi) is 3.31. The first-order valence-electron chi connectivity index (χ1n) is 6.61. The number of nitrogens with one attached hydrogen (secondary N) is 1. The minimum Gasteiger partial charge on any atom is -0.456 e. The highest BCUT2D eigenvalue weighted by Gasteiger charge is 2.34. The van der Waals surface area contributed by atoms with Gasteiger partial charge in [-0.15, -0.1) is 0 Å². The van der Waals surface area contributed by atoms with Crippen LogP contribution in [-0.4, -0.2) is 28.1 Å². The first kappa shape index (κ1) is 12.9. The number of carbonyl (C=O) groups is 1. The van der Waals surface area contributed by atoms with E-state index in [2.05, 4.69) is 10.3 Å². The van der Waals surface area contributed by atoms with Crippen molar-refractivity contribution in [2.24, 2.45) is 7.05 Å². The van der Waals surface area contributed by atoms with Crippen molar-refractivity contribution >= 4 is 5.91 Å². The van der Waals surface area contributed by atoms with Crippen LogP contribution in [0.1, 0.15) is 34.7 Å². The number of nitrogens with zero attached hydrogens (tertiary/aromatic N) is 2. The Morgan fingerprint density at radius 1 is 1.50 bits per heavy atom. The second-order valence-electron chi connectivity index (χ2n) is 4.97. The average Bonchev–Trinajstić information content (AvgIpc) is 3.10. The SMILES string of the molecule is Cc1ccc(C(=O)N[C@H]2CCO[C@@H]2c2nccn2C)o1. The van der Waals surface area contributed by atoms with Gasteiger partial charge in [0.05, 0.1) is 6.04 Å². The predicted octanol–water partition coefficient (Wildman–Crippen LogP) is 1.58. The van der Waals surface area contributed by atoms with Crippen molar-refractivity contribution in [3.05, 3.63) is 41.9 Å². The maximum Gasteiger partial charge on any atom is 0.287 e. The van der Waals surface area contributed by atoms with Gasteiger partial charge < -0.3 is 19.0 Å². The maximum atomic E-state index is 12.1. The van der Waals surface area contributed by atoms with Gasteiger partial charge in [0.15, 0.2) is 5.76 Å². The number of amides is 1. The van der Waals surface area contributed by atoms with Crippen LogP contribution in [0.2, 0.25) is 0 Å². The molecular formula is C14H17N3O3. The summed E-state index contributed by atoms with van der Waals surface area (Å²) in [6.45, 7) is 2.42. The monoisotopic (exact) mass is 275 g/mol. The van der Waals surface area contributed by atoms with Crippen molar-refractivity contribution in [1.29, 1.82) is 0 Å². The molecule has 0 aliphatic carbocycles. The molecule has 0 bridgehead atoms. The Bertz CT molecular complexity index is 617. The molecule has 6 nitrogen and oxygen atoms in total. The standard InChI is InChI=1S/C14H17N3O3/c1-9-3-4-11(20-9)14(18)16-10-5-8-19-12(10)13-15-6-7-17(13)2/h3-4,6-7,10,12H,5,8H2,1-2H3,(H,16,18)/t10-,12-/m0/s1. The normalized spacial score (nSPS) is 22.1. The molecule has 20 heavy (non-hydrogen) atoms. The third-order valence-electron chi connectivity index (χ3n) is 3.49. The van der Waals surface area contributed by atoms with E-state index >= 15 is 0 Å². The summed E-state index contributed by atoms with van der Waals surface area (Å²) in [5, 5.41) is 2.96. The summed E-state index contributed by atoms with van der Waals surface area (Å²) in [5.74, 6) is 1.66. The van der Waals surface area contributed by atoms with Crippen LogP contribution in [0, 0.1) is 6.92 Å². The van der Waals surface area contributed by atoms with Crippen LogP contribution in [0.5, 0.6) is 0 Å². The summed E-state index contributed by atoms with van der Waals surface area (Å²) in [6, 6.07) is 3.36. The Balaban J connectivity index is 1.73. The van der Waals surface area contributed by atoms with E-state index < -0.39 is 0 Å². The van der Waals surface area contributed by atoms with Crippen LogP contribution in [0.25, 0.3) is 0 Å². The maximum absolute atomic E-state index is 12.1. The summed E-state index contributed by atoms with van der Waals surface area (Å²) in [6.07, 6.45) is 4.15. The molecule has 3 heterocycles. The van der Waals surface area contributed by atoms with Gasteiger partial charge in [-0.2, -0.15) is 0 Å². The molecule has 1 amide bonds. The smallest absolute Gasteiger partial charge is 0.287 e. The number of aromatic nitrogens is 2. The van der Waals surface area contributed by atoms with Crippen molar-refractivity contribution in [3.8, 4) is 0 Å². The molecule has 1 aliphatic rings. The highest BCUT2D eigenvalue weighted by molar-refractivity contribution is 5.91. The molecule has 2 aromatic rings. The molecule has 1 saturated heterocycles. The van der Waals surface area contributed by atoms with Crippen LogP contribution >= 0.6 is 0 Å². The number of hydrogen-bond donors (Lipinski definition) is 1. The molecule has 1 fully saturated rings. The largest absolute Gasteiger partial charge is 0.456 e. The van der Waals surface area contributed by atoms with Crippen LogP contribution < -0.4 is 5.32 Å². The van der Waals surface area contributed by atoms with E-state index in [1.807, 2.05) is 24.7 Å². The van der Waals surface area contributed by atoms with E-state index in [0.29, 0.717) is 12.4 Å². The van der Waals surface area contributed by atoms with Crippen LogP contribution in [0.3, 0.4) is 0 Å². The molecule has 106 valence electrons. The average molecular weight is 275 g/mol. The summed E-state index contributed by atoms with van der Waals surface area (Å²) in [4.78, 5) is 16.4. The molecule has 2 atom stereocenters. The van der Waals surface area contributed by atoms with Crippen molar-refractivity contribution in [1.82, 2.24) is 14.9 Å². The van der Waals surface area contributed by atoms with Crippen molar-refractivity contribution < 1.29 is 13.9 Å². The third kappa shape index (κ3) is 2.34. The van der Waals surface area contributed by atoms with Crippen LogP contribution in [0.15, 0.2) is 28.9 Å². The van der Waals surface area contributed by atoms with Gasteiger partial charge in [0.1, 0.15) is 17.7 Å². The molecule has 0 saturated carbocycles. The highest BCUT2D eigenvalue weighted by atomic mass is 16.5. The Morgan fingerprint density at radius 3 is 3.00 bits per heavy atom. The quantitative estimate of drug-likeness (QED) is 0.923. The van der Waals surface area contributed by atoms with Gasteiger partial charge in [-0.05, 0) is 25.5 Å². The first-order chi connectivity index (χ1) is 9.65. The van der Waals surface area contributed by atoms with Crippen LogP contribution in [0.4, 0.5) is 0 Å². The van der Waals surface area contributed by atoms with Gasteiger partial charge in [0.2, 0.25) is 0 Å². The Hall–Kier alpha value is -2.08. The molecule has 0 unspecified atom stereocenters. The number of ether oxygens (including phenoxy) is 1. The van der Waals surface area contributed by atoms with E-state index in [9.17, 15) is 4.79 Å². The van der Waals surface area contributed by atoms with Gasteiger partial charge in [-0.25, -0.2) is 4.98 Å². The van der Waals surface area contributed by atoms with E-state index in [1.54, 1.807) is 18.3 Å². The van der Waals surface area contributed by atoms with Crippen molar-refractivity contribution in [2.45, 2.75) is 25.5 Å². The lowest BCUT2D eigenvalue weighted by molar-refractivity contribution is 0.0762. The molecular weight excluding hydrogens is 258 g/mol. The van der Waals surface area contributed by atoms with Crippen LogP contribution in [-0.2, 0) is 11.8 Å². The molecule has 1 N–H and O–H groups in total. The second kappa shape index (κ2) is 5.13. The van der Waals surface area contributed by atoms with Gasteiger partial charge in [-0.1, -0.05) is 0 Å². The highest BCUT2D eigenvalue weighted by Crippen LogP contribution is 2.28. The number of aryl methyl sites for hydroxylation is 2. The fourth-order valence-corrected chi connectivity index (χ4v) is 2.44. The molecule has 0 aromatic carbocycles. The molecule has 6 heteroatoms. The third-order valence-corrected chi connectivity index (χ3v) is 3.49. The zero-order valence-corrected chi connectivity index (χ0v) is 11.5. The summed E-state index contributed by atoms with van der Waals surface area (Å²) in [5.41, 5.74) is 0. The van der Waals surface area contributed by atoms with Gasteiger partial charge in [0, 0.05) is 26.0 Å². The zero-order chi connectivity index (χ0) is 14.1. The van der Waals surface area contributed by atoms with Crippen molar-refractivity contribution in [3.63, 3.8) is 0 Å². The summed E-state index contributed by atoms with van der Waals surface area (Å²) < 4.78 is 12.9. The van der Waals surface area contributed by atoms with Gasteiger partial charge >= 0.3 is 0 Å². The predicted molar refractivity (Wildman–Crippen MR) is 71.2 cm³/mol. The zero-order valence-electron chi connectivity index (χ0n) is 11.5. The summed E-state index contributed by atoms with van der Waals surface area (Å²) in [7, 11) is 1.92. The lowest BCUT2D eigenvalue weighted by Gasteiger charge is -2.19. The number of carbonyl (C=O) groups excluding carboxylic acids is 1. The van der Waals surface area contributed by atoms with E-state index in [-0.39, 0.29) is 18.1 Å². The minimum atomic E-state index is -0.215. The molecule has 0 radical (unpaired) electrons. The number of imidazole rings is 1. The van der Waals surface area contributed by atoms with E-state index in [1.165, 1.54) is 0 Å². The second-order valence-corrected chi connectivity index (χ2v) is 4.97. The van der Waals surface area contributed by atoms with Gasteiger partial charge in [-0.3, -0.25) is 4.79 Å². The fourth-order valence-electron chi connectivity index (χ4n) is 2.44. The number of rotatable bonds is 3. The topological polar surface area (TPSA) is 69.3 Å². The lowest BCUT2D eigenvalue weighted by Crippen LogP contribution is -2.37. The van der Waals surface area contributed by atoms with Gasteiger partial charge in [0.25, 0.3) is 5.91 Å². The van der Waals surface area contributed by atoms with Crippen molar-refractivity contribution in [2.75, 3.05) is 6.61 Å². The Labute approximate surface area is 116 Å². The fraction of sp³-hybridized carbons (Fsp3) is 0.429. The minimum absolute atomic E-state index is 0.0889. The van der Waals surface area contributed by atoms with E-state index in [4.69, 9.17) is 9.15 Å². The first-order valence-corrected chi connectivity index (χ1v) is 6.61. The summed E-state index contributed by atoms with van der Waals surface area (Å²) >= 11 is 0.